The highest BCUT2D eigenvalue weighted by molar-refractivity contribution is 7.09. The number of aromatic nitrogens is 1. The summed E-state index contributed by atoms with van der Waals surface area (Å²) in [6.45, 7) is 0.943. The van der Waals surface area contributed by atoms with Gasteiger partial charge in [-0.2, -0.15) is 0 Å². The lowest BCUT2D eigenvalue weighted by molar-refractivity contribution is 0.128. The van der Waals surface area contributed by atoms with Crippen LogP contribution >= 0.6 is 11.3 Å². The number of hydrogen-bond acceptors (Lipinski definition) is 4. The smallest absolute Gasteiger partial charge is 0.318 e. The van der Waals surface area contributed by atoms with E-state index in [9.17, 15) is 9.90 Å². The van der Waals surface area contributed by atoms with E-state index in [2.05, 4.69) is 10.3 Å². The number of piperidine rings is 1. The first-order valence-electron chi connectivity index (χ1n) is 7.87. The van der Waals surface area contributed by atoms with E-state index < -0.39 is 0 Å². The van der Waals surface area contributed by atoms with Crippen LogP contribution in [-0.4, -0.2) is 40.2 Å². The molecule has 5 nitrogen and oxygen atoms in total. The Labute approximate surface area is 129 Å². The van der Waals surface area contributed by atoms with Gasteiger partial charge in [-0.1, -0.05) is 0 Å². The third kappa shape index (κ3) is 3.55. The monoisotopic (exact) mass is 309 g/mol. The molecule has 2 heterocycles. The Balaban J connectivity index is 1.65. The first-order chi connectivity index (χ1) is 10.3. The molecule has 1 saturated heterocycles. The molecule has 21 heavy (non-hydrogen) atoms. The maximum atomic E-state index is 12.6. The molecule has 2 aliphatic rings. The molecule has 6 heteroatoms. The number of thiazole rings is 1. The average molecular weight is 309 g/mol. The Morgan fingerprint density at radius 2 is 2.33 bits per heavy atom. The lowest BCUT2D eigenvalue weighted by atomic mass is 10.00. The van der Waals surface area contributed by atoms with Crippen molar-refractivity contribution < 1.29 is 9.90 Å². The van der Waals surface area contributed by atoms with Crippen molar-refractivity contribution in [2.75, 3.05) is 13.2 Å². The van der Waals surface area contributed by atoms with Gasteiger partial charge in [-0.15, -0.1) is 11.3 Å². The van der Waals surface area contributed by atoms with Crippen molar-refractivity contribution in [3.63, 3.8) is 0 Å². The Morgan fingerprint density at radius 1 is 1.48 bits per heavy atom. The predicted octanol–water partition coefficient (Wildman–Crippen LogP) is 2.54. The van der Waals surface area contributed by atoms with Gasteiger partial charge in [0.05, 0.1) is 6.04 Å². The van der Waals surface area contributed by atoms with Gasteiger partial charge in [0.1, 0.15) is 5.01 Å². The Bertz CT molecular complexity index is 459. The van der Waals surface area contributed by atoms with Gasteiger partial charge in [0.15, 0.2) is 0 Å². The second-order valence-corrected chi connectivity index (χ2v) is 6.92. The van der Waals surface area contributed by atoms with Gasteiger partial charge in [0.2, 0.25) is 0 Å². The molecule has 0 bridgehead atoms. The number of carbonyl (C=O) groups excluding carboxylic acids is 1. The molecule has 2 atom stereocenters. The Kier molecular flexibility index (Phi) is 4.75. The van der Waals surface area contributed by atoms with Crippen molar-refractivity contribution in [2.24, 2.45) is 5.92 Å². The summed E-state index contributed by atoms with van der Waals surface area (Å²) in [7, 11) is 0. The largest absolute Gasteiger partial charge is 0.396 e. The number of hydrogen-bond donors (Lipinski definition) is 2. The van der Waals surface area contributed by atoms with Crippen molar-refractivity contribution in [3.05, 3.63) is 16.6 Å². The Morgan fingerprint density at radius 3 is 3.00 bits per heavy atom. The summed E-state index contributed by atoms with van der Waals surface area (Å²) in [6, 6.07) is 0.259. The summed E-state index contributed by atoms with van der Waals surface area (Å²) in [5.74, 6) is 0.543. The lowest BCUT2D eigenvalue weighted by Gasteiger charge is -2.36. The second kappa shape index (κ2) is 6.75. The van der Waals surface area contributed by atoms with E-state index in [1.807, 2.05) is 10.3 Å². The van der Waals surface area contributed by atoms with Crippen LogP contribution in [0.5, 0.6) is 0 Å². The number of carbonyl (C=O) groups is 1. The quantitative estimate of drug-likeness (QED) is 0.878. The third-order valence-corrected chi connectivity index (χ3v) is 5.30. The zero-order valence-corrected chi connectivity index (χ0v) is 13.0. The van der Waals surface area contributed by atoms with Crippen molar-refractivity contribution in [1.29, 1.82) is 0 Å². The minimum absolute atomic E-state index is 0.0141. The normalized spacial score (nSPS) is 23.9. The molecule has 116 valence electrons. The van der Waals surface area contributed by atoms with Crippen LogP contribution < -0.4 is 5.32 Å². The van der Waals surface area contributed by atoms with Gasteiger partial charge in [-0.25, -0.2) is 9.78 Å². The summed E-state index contributed by atoms with van der Waals surface area (Å²) in [4.78, 5) is 18.9. The molecule has 1 aromatic rings. The lowest BCUT2D eigenvalue weighted by Crippen LogP contribution is -2.50. The fourth-order valence-electron chi connectivity index (χ4n) is 3.13. The van der Waals surface area contributed by atoms with Crippen LogP contribution in [0.15, 0.2) is 11.6 Å². The number of rotatable bonds is 5. The first-order valence-corrected chi connectivity index (χ1v) is 8.75. The third-order valence-electron chi connectivity index (χ3n) is 4.44. The SMILES string of the molecule is O=C(NC(c1nccs1)C1CC1)N1CCCCC1CCO. The summed E-state index contributed by atoms with van der Waals surface area (Å²) < 4.78 is 0. The molecule has 0 aromatic carbocycles. The fraction of sp³-hybridized carbons (Fsp3) is 0.733. The molecule has 0 spiro atoms. The maximum Gasteiger partial charge on any atom is 0.318 e. The summed E-state index contributed by atoms with van der Waals surface area (Å²) >= 11 is 1.61. The van der Waals surface area contributed by atoms with Gasteiger partial charge in [-0.05, 0) is 44.4 Å². The first kappa shape index (κ1) is 14.8. The maximum absolute atomic E-state index is 12.6. The minimum atomic E-state index is 0.0141. The van der Waals surface area contributed by atoms with Crippen LogP contribution in [-0.2, 0) is 0 Å². The molecule has 0 radical (unpaired) electrons. The minimum Gasteiger partial charge on any atom is -0.396 e. The molecule has 1 saturated carbocycles. The highest BCUT2D eigenvalue weighted by atomic mass is 32.1. The van der Waals surface area contributed by atoms with E-state index in [1.54, 1.807) is 17.5 Å². The zero-order chi connectivity index (χ0) is 14.7. The average Bonchev–Trinajstić information content (AvgIpc) is 3.19. The summed E-state index contributed by atoms with van der Waals surface area (Å²) in [5.41, 5.74) is 0. The highest BCUT2D eigenvalue weighted by Crippen LogP contribution is 2.41. The number of urea groups is 1. The van der Waals surface area contributed by atoms with Crippen molar-refractivity contribution in [3.8, 4) is 0 Å². The van der Waals surface area contributed by atoms with Crippen molar-refractivity contribution in [1.82, 2.24) is 15.2 Å². The molecule has 1 aliphatic heterocycles. The molecule has 2 amide bonds. The van der Waals surface area contributed by atoms with Gasteiger partial charge in [0, 0.05) is 30.8 Å². The molecule has 2 fully saturated rings. The molecule has 1 aromatic heterocycles. The van der Waals surface area contributed by atoms with Crippen LogP contribution in [0.25, 0.3) is 0 Å². The standard InChI is InChI=1S/C15H23N3O2S/c19-9-6-12-3-1-2-8-18(12)15(20)17-13(11-4-5-11)14-16-7-10-21-14/h7,10-13,19H,1-6,8-9H2,(H,17,20). The van der Waals surface area contributed by atoms with Crippen LogP contribution in [0.1, 0.15) is 49.6 Å². The number of likely N-dealkylation sites (tertiary alicyclic amines) is 1. The molecule has 2 N–H and O–H groups in total. The molecule has 3 rings (SSSR count). The van der Waals surface area contributed by atoms with E-state index >= 15 is 0 Å². The van der Waals surface area contributed by atoms with Crippen LogP contribution in [0, 0.1) is 5.92 Å². The van der Waals surface area contributed by atoms with E-state index in [0.29, 0.717) is 12.3 Å². The van der Waals surface area contributed by atoms with Crippen LogP contribution in [0.3, 0.4) is 0 Å². The van der Waals surface area contributed by atoms with Gasteiger partial charge >= 0.3 is 6.03 Å². The highest BCUT2D eigenvalue weighted by Gasteiger charge is 2.37. The number of nitrogens with zero attached hydrogens (tertiary/aromatic N) is 2. The summed E-state index contributed by atoms with van der Waals surface area (Å²) in [5, 5.41) is 15.4. The van der Waals surface area contributed by atoms with E-state index in [4.69, 9.17) is 0 Å². The van der Waals surface area contributed by atoms with E-state index in [0.717, 1.165) is 30.8 Å². The predicted molar refractivity (Wildman–Crippen MR) is 82.2 cm³/mol. The van der Waals surface area contributed by atoms with Gasteiger partial charge in [-0.3, -0.25) is 0 Å². The molecule has 2 unspecified atom stereocenters. The Hall–Kier alpha value is -1.14. The topological polar surface area (TPSA) is 65.5 Å². The van der Waals surface area contributed by atoms with E-state index in [-0.39, 0.29) is 24.7 Å². The van der Waals surface area contributed by atoms with Gasteiger partial charge < -0.3 is 15.3 Å². The molecular formula is C15H23N3O2S. The second-order valence-electron chi connectivity index (χ2n) is 5.99. The van der Waals surface area contributed by atoms with E-state index in [1.165, 1.54) is 12.8 Å². The summed E-state index contributed by atoms with van der Waals surface area (Å²) in [6.07, 6.45) is 8.03. The van der Waals surface area contributed by atoms with Crippen molar-refractivity contribution in [2.45, 2.75) is 50.6 Å². The number of aliphatic hydroxyl groups is 1. The molecular weight excluding hydrogens is 286 g/mol. The van der Waals surface area contributed by atoms with Crippen LogP contribution in [0.2, 0.25) is 0 Å². The fourth-order valence-corrected chi connectivity index (χ4v) is 3.91. The number of amides is 2. The number of nitrogens with one attached hydrogen (secondary N) is 1. The molecule has 1 aliphatic carbocycles. The number of aliphatic hydroxyl groups excluding tert-OH is 1. The van der Waals surface area contributed by atoms with Gasteiger partial charge in [0.25, 0.3) is 0 Å². The van der Waals surface area contributed by atoms with Crippen molar-refractivity contribution >= 4 is 17.4 Å². The zero-order valence-electron chi connectivity index (χ0n) is 12.2. The van der Waals surface area contributed by atoms with Crippen LogP contribution in [0.4, 0.5) is 4.79 Å².